The number of fused-ring (bicyclic) bond motifs is 2. The van der Waals surface area contributed by atoms with Gasteiger partial charge in [0.05, 0.1) is 10.9 Å². The molecule has 0 N–H and O–H groups in total. The summed E-state index contributed by atoms with van der Waals surface area (Å²) in [6.07, 6.45) is 2.37. The Hall–Kier alpha value is -4.05. The van der Waals surface area contributed by atoms with E-state index in [4.69, 9.17) is 4.98 Å². The third-order valence-corrected chi connectivity index (χ3v) is 4.90. The molecule has 7 nitrogen and oxygen atoms in total. The van der Waals surface area contributed by atoms with E-state index in [1.807, 2.05) is 26.0 Å². The van der Waals surface area contributed by atoms with Gasteiger partial charge in [-0.25, -0.2) is 4.98 Å². The number of aromatic nitrogens is 3. The van der Waals surface area contributed by atoms with Crippen LogP contribution in [0.25, 0.3) is 16.7 Å². The zero-order chi connectivity index (χ0) is 21.3. The first kappa shape index (κ1) is 19.3. The van der Waals surface area contributed by atoms with Crippen LogP contribution in [0.15, 0.2) is 64.5 Å². The molecule has 1 amide bonds. The fraction of sp³-hybridized carbons (Fsp3) is 0.174. The Balaban J connectivity index is 2.14. The van der Waals surface area contributed by atoms with E-state index in [9.17, 15) is 14.9 Å². The third kappa shape index (κ3) is 3.18. The first-order chi connectivity index (χ1) is 14.5. The number of pyridine rings is 2. The second-order valence-corrected chi connectivity index (χ2v) is 6.97. The smallest absolute Gasteiger partial charge is 0.278 e. The summed E-state index contributed by atoms with van der Waals surface area (Å²) in [5.74, 6) is -0.454. The van der Waals surface area contributed by atoms with Crippen LogP contribution in [0.1, 0.15) is 34.8 Å². The minimum absolute atomic E-state index is 0.159. The van der Waals surface area contributed by atoms with Gasteiger partial charge in [0, 0.05) is 18.3 Å². The molecule has 0 fully saturated rings. The number of hydrogen-bond acceptors (Lipinski definition) is 4. The molecule has 7 heteroatoms. The van der Waals surface area contributed by atoms with Crippen LogP contribution in [0.3, 0.4) is 0 Å². The fourth-order valence-electron chi connectivity index (χ4n) is 3.47. The summed E-state index contributed by atoms with van der Waals surface area (Å²) in [6, 6.07) is 15.9. The number of carbonyl (C=O) groups excluding carboxylic acids is 1. The first-order valence-corrected chi connectivity index (χ1v) is 9.65. The van der Waals surface area contributed by atoms with Gasteiger partial charge in [-0.15, -0.1) is 0 Å². The Bertz CT molecular complexity index is 1460. The van der Waals surface area contributed by atoms with Gasteiger partial charge in [0.15, 0.2) is 5.49 Å². The Kier molecular flexibility index (Phi) is 4.98. The molecule has 3 aromatic heterocycles. The van der Waals surface area contributed by atoms with E-state index in [0.29, 0.717) is 35.2 Å². The third-order valence-electron chi connectivity index (χ3n) is 4.90. The number of benzene rings is 1. The topological polar surface area (TPSA) is 92.5 Å². The molecule has 3 heterocycles. The molecule has 0 aliphatic carbocycles. The number of hydrogen-bond donors (Lipinski definition) is 0. The standard InChI is InChI=1S/C23H19N5O2/c1-3-11-27-20(26-22(29)16-9-5-4-6-10-16)17(14-24)13-18-21(27)25-19-15(2)8-7-12-28(19)23(18)30/h4-10,12-13H,3,11H2,1-2H3. The van der Waals surface area contributed by atoms with Crippen molar-refractivity contribution in [2.24, 2.45) is 4.99 Å². The predicted octanol–water partition coefficient (Wildman–Crippen LogP) is 2.98. The molecule has 148 valence electrons. The molecule has 0 saturated heterocycles. The molecule has 4 rings (SSSR count). The van der Waals surface area contributed by atoms with Gasteiger partial charge < -0.3 is 4.57 Å². The normalized spacial score (nSPS) is 11.7. The van der Waals surface area contributed by atoms with Gasteiger partial charge >= 0.3 is 0 Å². The van der Waals surface area contributed by atoms with E-state index >= 15 is 0 Å². The molecule has 1 aromatic carbocycles. The van der Waals surface area contributed by atoms with Crippen LogP contribution in [-0.2, 0) is 6.54 Å². The molecule has 0 saturated carbocycles. The molecule has 0 aliphatic rings. The lowest BCUT2D eigenvalue weighted by Crippen LogP contribution is -2.29. The molecule has 0 radical (unpaired) electrons. The highest BCUT2D eigenvalue weighted by atomic mass is 16.1. The minimum atomic E-state index is -0.454. The van der Waals surface area contributed by atoms with Crippen LogP contribution in [0, 0.1) is 18.3 Å². The predicted molar refractivity (Wildman–Crippen MR) is 113 cm³/mol. The van der Waals surface area contributed by atoms with Crippen molar-refractivity contribution in [3.05, 3.63) is 87.3 Å². The summed E-state index contributed by atoms with van der Waals surface area (Å²) >= 11 is 0. The van der Waals surface area contributed by atoms with Crippen molar-refractivity contribution < 1.29 is 4.79 Å². The quantitative estimate of drug-likeness (QED) is 0.497. The van der Waals surface area contributed by atoms with Gasteiger partial charge in [0.25, 0.3) is 11.5 Å². The fourth-order valence-corrected chi connectivity index (χ4v) is 3.47. The molecule has 4 aromatic rings. The minimum Gasteiger partial charge on any atom is -0.309 e. The van der Waals surface area contributed by atoms with E-state index in [2.05, 4.69) is 11.1 Å². The first-order valence-electron chi connectivity index (χ1n) is 9.65. The monoisotopic (exact) mass is 397 g/mol. The Morgan fingerprint density at radius 1 is 1.17 bits per heavy atom. The molecule has 0 bridgehead atoms. The molecule has 0 unspecified atom stereocenters. The van der Waals surface area contributed by atoms with Crippen LogP contribution in [0.4, 0.5) is 0 Å². The highest BCUT2D eigenvalue weighted by Crippen LogP contribution is 2.13. The number of aryl methyl sites for hydroxylation is 2. The lowest BCUT2D eigenvalue weighted by molar-refractivity contribution is 0.0997. The van der Waals surface area contributed by atoms with Crippen LogP contribution >= 0.6 is 0 Å². The van der Waals surface area contributed by atoms with Crippen molar-refractivity contribution in [1.29, 1.82) is 5.26 Å². The van der Waals surface area contributed by atoms with Crippen molar-refractivity contribution in [3.8, 4) is 6.07 Å². The summed E-state index contributed by atoms with van der Waals surface area (Å²) in [5.41, 5.74) is 2.33. The van der Waals surface area contributed by atoms with Crippen LogP contribution < -0.4 is 11.0 Å². The second-order valence-electron chi connectivity index (χ2n) is 6.97. The number of carbonyl (C=O) groups is 1. The lowest BCUT2D eigenvalue weighted by atomic mass is 10.2. The average molecular weight is 397 g/mol. The Labute approximate surface area is 172 Å². The maximum absolute atomic E-state index is 13.1. The van der Waals surface area contributed by atoms with Crippen LogP contribution in [-0.4, -0.2) is 19.9 Å². The summed E-state index contributed by atoms with van der Waals surface area (Å²) in [7, 11) is 0. The second kappa shape index (κ2) is 7.76. The van der Waals surface area contributed by atoms with Crippen LogP contribution in [0.5, 0.6) is 0 Å². The number of amides is 1. The van der Waals surface area contributed by atoms with Gasteiger partial charge in [0.2, 0.25) is 0 Å². The van der Waals surface area contributed by atoms with Crippen molar-refractivity contribution >= 4 is 22.6 Å². The number of rotatable bonds is 3. The number of nitriles is 1. The van der Waals surface area contributed by atoms with Crippen molar-refractivity contribution in [2.45, 2.75) is 26.8 Å². The molecule has 0 atom stereocenters. The molecule has 0 spiro atoms. The van der Waals surface area contributed by atoms with Gasteiger partial charge in [-0.05, 0) is 43.2 Å². The molecular weight excluding hydrogens is 378 g/mol. The van der Waals surface area contributed by atoms with Crippen molar-refractivity contribution in [1.82, 2.24) is 14.0 Å². The highest BCUT2D eigenvalue weighted by Gasteiger charge is 2.15. The molecule has 30 heavy (non-hydrogen) atoms. The summed E-state index contributed by atoms with van der Waals surface area (Å²) < 4.78 is 3.17. The van der Waals surface area contributed by atoms with E-state index in [1.54, 1.807) is 41.1 Å². The highest BCUT2D eigenvalue weighted by molar-refractivity contribution is 5.95. The van der Waals surface area contributed by atoms with E-state index in [-0.39, 0.29) is 16.6 Å². The summed E-state index contributed by atoms with van der Waals surface area (Å²) in [6.45, 7) is 4.31. The largest absolute Gasteiger partial charge is 0.309 e. The average Bonchev–Trinajstić information content (AvgIpc) is 2.77. The van der Waals surface area contributed by atoms with Gasteiger partial charge in [-0.2, -0.15) is 10.3 Å². The van der Waals surface area contributed by atoms with Gasteiger partial charge in [-0.3, -0.25) is 14.0 Å². The van der Waals surface area contributed by atoms with Gasteiger partial charge in [0.1, 0.15) is 17.4 Å². The van der Waals surface area contributed by atoms with E-state index < -0.39 is 5.91 Å². The lowest BCUT2D eigenvalue weighted by Gasteiger charge is -2.13. The van der Waals surface area contributed by atoms with Gasteiger partial charge in [-0.1, -0.05) is 31.2 Å². The van der Waals surface area contributed by atoms with E-state index in [0.717, 1.165) is 5.56 Å². The van der Waals surface area contributed by atoms with E-state index in [1.165, 1.54) is 10.5 Å². The summed E-state index contributed by atoms with van der Waals surface area (Å²) in [5, 5.41) is 10.1. The maximum Gasteiger partial charge on any atom is 0.278 e. The van der Waals surface area contributed by atoms with Crippen LogP contribution in [0.2, 0.25) is 0 Å². The zero-order valence-electron chi connectivity index (χ0n) is 16.7. The molecular formula is C23H19N5O2. The Morgan fingerprint density at radius 2 is 1.93 bits per heavy atom. The van der Waals surface area contributed by atoms with Crippen molar-refractivity contribution in [2.75, 3.05) is 0 Å². The SMILES string of the molecule is CCCn1c(=NC(=O)c2ccccc2)c(C#N)cc2c(=O)n3cccc(C)c3nc21. The zero-order valence-corrected chi connectivity index (χ0v) is 16.7. The number of nitrogens with zero attached hydrogens (tertiary/aromatic N) is 5. The molecule has 0 aliphatic heterocycles. The maximum atomic E-state index is 13.1. The Morgan fingerprint density at radius 3 is 2.63 bits per heavy atom. The van der Waals surface area contributed by atoms with Crippen molar-refractivity contribution in [3.63, 3.8) is 0 Å². The summed E-state index contributed by atoms with van der Waals surface area (Å²) in [4.78, 5) is 34.8.